The van der Waals surface area contributed by atoms with Crippen molar-refractivity contribution in [2.75, 3.05) is 5.75 Å². The first-order chi connectivity index (χ1) is 11.2. The minimum absolute atomic E-state index is 0.00734. The monoisotopic (exact) mass is 325 g/mol. The smallest absolute Gasteiger partial charge is 0.169 e. The van der Waals surface area contributed by atoms with Crippen LogP contribution < -0.4 is 5.11 Å². The Morgan fingerprint density at radius 1 is 1.09 bits per heavy atom. The number of nitrogens with zero attached hydrogens (tertiary/aromatic N) is 2. The first-order valence-electron chi connectivity index (χ1n) is 7.56. The Kier molecular flexibility index (Phi) is 4.98. The van der Waals surface area contributed by atoms with Gasteiger partial charge in [-0.3, -0.25) is 0 Å². The molecule has 4 nitrogen and oxygen atoms in total. The summed E-state index contributed by atoms with van der Waals surface area (Å²) in [5, 5.41) is 11.7. The highest BCUT2D eigenvalue weighted by molar-refractivity contribution is 7.99. The second kappa shape index (κ2) is 7.33. The summed E-state index contributed by atoms with van der Waals surface area (Å²) in [7, 11) is 0. The summed E-state index contributed by atoms with van der Waals surface area (Å²) < 4.78 is 1.97. The van der Waals surface area contributed by atoms with Gasteiger partial charge in [0.2, 0.25) is 0 Å². The highest BCUT2D eigenvalue weighted by Gasteiger charge is 2.10. The number of hydrogen-bond acceptors (Lipinski definition) is 4. The van der Waals surface area contributed by atoms with Crippen molar-refractivity contribution in [3.63, 3.8) is 0 Å². The number of aliphatic carboxylic acids is 1. The van der Waals surface area contributed by atoms with E-state index in [1.54, 1.807) is 11.8 Å². The average Bonchev–Trinajstić information content (AvgIpc) is 2.91. The molecule has 0 aliphatic heterocycles. The highest BCUT2D eigenvalue weighted by Crippen LogP contribution is 2.25. The van der Waals surface area contributed by atoms with Gasteiger partial charge >= 0.3 is 0 Å². The SMILES string of the molecule is O=C([O-])CCn1c(SCCc2ccccc2)nc2ccccc21. The van der Waals surface area contributed by atoms with Gasteiger partial charge < -0.3 is 14.5 Å². The fourth-order valence-corrected chi connectivity index (χ4v) is 3.52. The Bertz CT molecular complexity index is 799. The van der Waals surface area contributed by atoms with Crippen LogP contribution in [0.3, 0.4) is 0 Å². The maximum Gasteiger partial charge on any atom is 0.169 e. The molecular weight excluding hydrogens is 308 g/mol. The van der Waals surface area contributed by atoms with E-state index >= 15 is 0 Å². The largest absolute Gasteiger partial charge is 0.550 e. The molecule has 118 valence electrons. The maximum atomic E-state index is 10.8. The van der Waals surface area contributed by atoms with Crippen molar-refractivity contribution in [2.45, 2.75) is 24.5 Å². The van der Waals surface area contributed by atoms with E-state index in [0.717, 1.165) is 28.4 Å². The van der Waals surface area contributed by atoms with E-state index in [-0.39, 0.29) is 6.42 Å². The molecule has 0 saturated carbocycles. The van der Waals surface area contributed by atoms with Crippen LogP contribution in [0.1, 0.15) is 12.0 Å². The molecule has 3 rings (SSSR count). The number of imidazole rings is 1. The van der Waals surface area contributed by atoms with E-state index in [1.807, 2.05) is 47.0 Å². The molecule has 0 radical (unpaired) electrons. The Labute approximate surface area is 139 Å². The fraction of sp³-hybridized carbons (Fsp3) is 0.222. The van der Waals surface area contributed by atoms with Crippen molar-refractivity contribution in [1.29, 1.82) is 0 Å². The second-order valence-corrected chi connectivity index (χ2v) is 6.30. The van der Waals surface area contributed by atoms with Gasteiger partial charge in [-0.1, -0.05) is 54.2 Å². The normalized spacial score (nSPS) is 11.0. The van der Waals surface area contributed by atoms with Gasteiger partial charge in [-0.2, -0.15) is 0 Å². The second-order valence-electron chi connectivity index (χ2n) is 5.24. The van der Waals surface area contributed by atoms with Crippen LogP contribution in [0.25, 0.3) is 11.0 Å². The van der Waals surface area contributed by atoms with Gasteiger partial charge in [-0.15, -0.1) is 0 Å². The molecule has 0 saturated heterocycles. The maximum absolute atomic E-state index is 10.8. The lowest BCUT2D eigenvalue weighted by molar-refractivity contribution is -0.305. The number of carbonyl (C=O) groups is 1. The van der Waals surface area contributed by atoms with Crippen molar-refractivity contribution in [3.05, 3.63) is 60.2 Å². The number of benzene rings is 2. The molecule has 2 aromatic carbocycles. The summed E-state index contributed by atoms with van der Waals surface area (Å²) >= 11 is 1.66. The summed E-state index contributed by atoms with van der Waals surface area (Å²) in [5.74, 6) is -0.137. The zero-order chi connectivity index (χ0) is 16.1. The lowest BCUT2D eigenvalue weighted by Crippen LogP contribution is -2.23. The van der Waals surface area contributed by atoms with E-state index in [1.165, 1.54) is 5.56 Å². The lowest BCUT2D eigenvalue weighted by atomic mass is 10.2. The molecule has 0 aliphatic carbocycles. The number of aryl methyl sites for hydroxylation is 2. The fourth-order valence-electron chi connectivity index (χ4n) is 2.49. The molecule has 0 atom stereocenters. The summed E-state index contributed by atoms with van der Waals surface area (Å²) in [4.78, 5) is 15.4. The Morgan fingerprint density at radius 2 is 1.83 bits per heavy atom. The highest BCUT2D eigenvalue weighted by atomic mass is 32.2. The number of thioether (sulfide) groups is 1. The van der Waals surface area contributed by atoms with Gasteiger partial charge in [0.05, 0.1) is 11.0 Å². The molecular formula is C18H17N2O2S-. The third kappa shape index (κ3) is 3.93. The molecule has 0 aliphatic rings. The minimum Gasteiger partial charge on any atom is -0.550 e. The summed E-state index contributed by atoms with van der Waals surface area (Å²) in [5.41, 5.74) is 3.15. The van der Waals surface area contributed by atoms with Crippen LogP contribution in [0.2, 0.25) is 0 Å². The van der Waals surface area contributed by atoms with Crippen molar-refractivity contribution in [1.82, 2.24) is 9.55 Å². The van der Waals surface area contributed by atoms with Crippen LogP contribution in [-0.4, -0.2) is 21.3 Å². The topological polar surface area (TPSA) is 57.9 Å². The Balaban J connectivity index is 1.75. The predicted molar refractivity (Wildman–Crippen MR) is 90.2 cm³/mol. The van der Waals surface area contributed by atoms with Gasteiger partial charge in [0.1, 0.15) is 0 Å². The Hall–Kier alpha value is -2.27. The number of hydrogen-bond donors (Lipinski definition) is 0. The van der Waals surface area contributed by atoms with E-state index < -0.39 is 5.97 Å². The average molecular weight is 325 g/mol. The number of rotatable bonds is 7. The first-order valence-corrected chi connectivity index (χ1v) is 8.54. The first kappa shape index (κ1) is 15.6. The summed E-state index contributed by atoms with van der Waals surface area (Å²) in [6, 6.07) is 18.1. The number of carboxylic acids is 1. The van der Waals surface area contributed by atoms with Gasteiger partial charge in [-0.25, -0.2) is 4.98 Å². The molecule has 23 heavy (non-hydrogen) atoms. The Morgan fingerprint density at radius 3 is 2.61 bits per heavy atom. The molecule has 0 fully saturated rings. The van der Waals surface area contributed by atoms with Crippen LogP contribution in [0, 0.1) is 0 Å². The molecule has 0 unspecified atom stereocenters. The van der Waals surface area contributed by atoms with Crippen molar-refractivity contribution in [2.24, 2.45) is 0 Å². The third-order valence-corrected chi connectivity index (χ3v) is 4.60. The standard InChI is InChI=1S/C18H18N2O2S/c21-17(22)10-12-20-16-9-5-4-8-15(16)19-18(20)23-13-11-14-6-2-1-3-7-14/h1-9H,10-13H2,(H,21,22)/p-1. The van der Waals surface area contributed by atoms with Crippen molar-refractivity contribution >= 4 is 28.8 Å². The zero-order valence-corrected chi connectivity index (χ0v) is 13.5. The number of fused-ring (bicyclic) bond motifs is 1. The molecule has 0 N–H and O–H groups in total. The van der Waals surface area contributed by atoms with Crippen LogP contribution in [0.5, 0.6) is 0 Å². The summed E-state index contributed by atoms with van der Waals surface area (Å²) in [6.45, 7) is 0.385. The van der Waals surface area contributed by atoms with Crippen LogP contribution in [0.15, 0.2) is 59.8 Å². The molecule has 0 amide bonds. The predicted octanol–water partition coefficient (Wildman–Crippen LogP) is 2.51. The molecule has 1 aromatic heterocycles. The van der Waals surface area contributed by atoms with Crippen LogP contribution >= 0.6 is 11.8 Å². The molecule has 0 spiro atoms. The van der Waals surface area contributed by atoms with Crippen molar-refractivity contribution < 1.29 is 9.90 Å². The van der Waals surface area contributed by atoms with Gasteiger partial charge in [-0.05, 0) is 24.1 Å². The molecule has 5 heteroatoms. The molecule has 1 heterocycles. The van der Waals surface area contributed by atoms with Crippen LogP contribution in [-0.2, 0) is 17.8 Å². The number of para-hydroxylation sites is 2. The minimum atomic E-state index is -1.04. The van der Waals surface area contributed by atoms with E-state index in [0.29, 0.717) is 6.54 Å². The lowest BCUT2D eigenvalue weighted by Gasteiger charge is -2.09. The van der Waals surface area contributed by atoms with Gasteiger partial charge in [0.25, 0.3) is 0 Å². The van der Waals surface area contributed by atoms with Crippen molar-refractivity contribution in [3.8, 4) is 0 Å². The summed E-state index contributed by atoms with van der Waals surface area (Å²) in [6.07, 6.45) is 0.946. The van der Waals surface area contributed by atoms with Gasteiger partial charge in [0.15, 0.2) is 5.16 Å². The van der Waals surface area contributed by atoms with E-state index in [4.69, 9.17) is 0 Å². The van der Waals surface area contributed by atoms with E-state index in [9.17, 15) is 9.90 Å². The molecule has 0 bridgehead atoms. The van der Waals surface area contributed by atoms with Crippen LogP contribution in [0.4, 0.5) is 0 Å². The zero-order valence-electron chi connectivity index (χ0n) is 12.6. The van der Waals surface area contributed by atoms with Gasteiger partial charge in [0, 0.05) is 24.7 Å². The number of aromatic nitrogens is 2. The number of carbonyl (C=O) groups excluding carboxylic acids is 1. The third-order valence-electron chi connectivity index (χ3n) is 3.62. The molecule has 3 aromatic rings. The quantitative estimate of drug-likeness (QED) is 0.626. The number of carboxylic acid groups (broad SMARTS) is 1. The van der Waals surface area contributed by atoms with E-state index in [2.05, 4.69) is 17.1 Å².